The van der Waals surface area contributed by atoms with Crippen LogP contribution in [0.3, 0.4) is 0 Å². The molecule has 0 aromatic heterocycles. The molecule has 2 amide bonds. The maximum absolute atomic E-state index is 13.1. The van der Waals surface area contributed by atoms with Crippen molar-refractivity contribution in [2.75, 3.05) is 6.61 Å². The molecule has 3 aromatic rings. The van der Waals surface area contributed by atoms with Gasteiger partial charge in [-0.25, -0.2) is 9.59 Å². The largest absolute Gasteiger partial charge is 0.480 e. The summed E-state index contributed by atoms with van der Waals surface area (Å²) in [5.41, 5.74) is 6.29. The second-order valence-electron chi connectivity index (χ2n) is 8.98. The quantitative estimate of drug-likeness (QED) is 0.589. The number of benzene rings is 3. The molecule has 0 spiro atoms. The topological polar surface area (TPSA) is 95.9 Å². The number of hydrogen-bond donors (Lipinski definition) is 2. The van der Waals surface area contributed by atoms with Crippen LogP contribution in [0.25, 0.3) is 11.1 Å². The number of nitrogens with zero attached hydrogens (tertiary/aromatic N) is 1. The summed E-state index contributed by atoms with van der Waals surface area (Å²) in [7, 11) is 0. The molecule has 7 heteroatoms. The number of rotatable bonds is 5. The molecular formula is C28H26N2O5. The number of carbonyl (C=O) groups is 3. The lowest BCUT2D eigenvalue weighted by molar-refractivity contribution is -0.152. The van der Waals surface area contributed by atoms with E-state index in [1.807, 2.05) is 60.7 Å². The SMILES string of the molecule is CC(NC(=O)OCC1c2ccccc2-c2ccccc21)C(=O)N1Cc2ccccc2CC1C(=O)O. The monoisotopic (exact) mass is 470 g/mol. The van der Waals surface area contributed by atoms with Gasteiger partial charge in [0.05, 0.1) is 0 Å². The number of nitrogens with one attached hydrogen (secondary N) is 1. The van der Waals surface area contributed by atoms with E-state index in [0.717, 1.165) is 33.4 Å². The number of aliphatic carboxylic acids is 1. The Bertz CT molecular complexity index is 1260. The van der Waals surface area contributed by atoms with Crippen molar-refractivity contribution in [2.45, 2.75) is 37.9 Å². The van der Waals surface area contributed by atoms with Crippen LogP contribution in [0, 0.1) is 0 Å². The van der Waals surface area contributed by atoms with Gasteiger partial charge in [-0.1, -0.05) is 72.8 Å². The van der Waals surface area contributed by atoms with Crippen LogP contribution in [-0.2, 0) is 27.3 Å². The van der Waals surface area contributed by atoms with Crippen LogP contribution in [0.15, 0.2) is 72.8 Å². The molecule has 1 aliphatic heterocycles. The molecule has 2 N–H and O–H groups in total. The third kappa shape index (κ3) is 4.25. The number of ether oxygens (including phenoxy) is 1. The van der Waals surface area contributed by atoms with Gasteiger partial charge in [0, 0.05) is 18.9 Å². The number of carboxylic acids is 1. The zero-order chi connectivity index (χ0) is 24.5. The van der Waals surface area contributed by atoms with E-state index in [-0.39, 0.29) is 25.5 Å². The summed E-state index contributed by atoms with van der Waals surface area (Å²) in [5, 5.41) is 12.3. The molecule has 7 nitrogen and oxygen atoms in total. The Balaban J connectivity index is 1.24. The molecule has 0 bridgehead atoms. The van der Waals surface area contributed by atoms with Gasteiger partial charge >= 0.3 is 12.1 Å². The minimum absolute atomic E-state index is 0.0888. The molecular weight excluding hydrogens is 444 g/mol. The third-order valence-corrected chi connectivity index (χ3v) is 6.87. The molecule has 0 radical (unpaired) electrons. The molecule has 1 heterocycles. The number of amides is 2. The first-order valence-electron chi connectivity index (χ1n) is 11.7. The molecule has 3 aromatic carbocycles. The number of carboxylic acid groups (broad SMARTS) is 1. The molecule has 5 rings (SSSR count). The van der Waals surface area contributed by atoms with Crippen LogP contribution in [0.1, 0.15) is 35.1 Å². The summed E-state index contributed by atoms with van der Waals surface area (Å²) in [5.74, 6) is -1.62. The van der Waals surface area contributed by atoms with Gasteiger partial charge < -0.3 is 20.1 Å². The second kappa shape index (κ2) is 9.25. The van der Waals surface area contributed by atoms with Crippen molar-refractivity contribution in [3.05, 3.63) is 95.1 Å². The Hall–Kier alpha value is -4.13. The van der Waals surface area contributed by atoms with Gasteiger partial charge in [0.2, 0.25) is 5.91 Å². The van der Waals surface area contributed by atoms with E-state index >= 15 is 0 Å². The summed E-state index contributed by atoms with van der Waals surface area (Å²) >= 11 is 0. The average molecular weight is 471 g/mol. The molecule has 0 saturated heterocycles. The number of carbonyl (C=O) groups excluding carboxylic acids is 2. The van der Waals surface area contributed by atoms with E-state index in [9.17, 15) is 19.5 Å². The third-order valence-electron chi connectivity index (χ3n) is 6.87. The van der Waals surface area contributed by atoms with Crippen molar-refractivity contribution in [1.29, 1.82) is 0 Å². The lowest BCUT2D eigenvalue weighted by atomic mass is 9.93. The van der Waals surface area contributed by atoms with Gasteiger partial charge in [0.25, 0.3) is 0 Å². The van der Waals surface area contributed by atoms with Crippen LogP contribution in [0.4, 0.5) is 4.79 Å². The highest BCUT2D eigenvalue weighted by molar-refractivity contribution is 5.89. The van der Waals surface area contributed by atoms with Gasteiger partial charge in [-0.3, -0.25) is 4.79 Å². The van der Waals surface area contributed by atoms with Gasteiger partial charge in [-0.05, 0) is 40.3 Å². The molecule has 2 unspecified atom stereocenters. The Labute approximate surface area is 203 Å². The maximum Gasteiger partial charge on any atom is 0.407 e. The van der Waals surface area contributed by atoms with Gasteiger partial charge in [0.15, 0.2) is 0 Å². The highest BCUT2D eigenvalue weighted by Gasteiger charge is 2.37. The molecule has 0 fully saturated rings. The molecule has 178 valence electrons. The molecule has 2 atom stereocenters. The zero-order valence-electron chi connectivity index (χ0n) is 19.3. The van der Waals surface area contributed by atoms with Crippen LogP contribution in [-0.4, -0.2) is 46.7 Å². The predicted molar refractivity (Wildman–Crippen MR) is 130 cm³/mol. The standard InChI is InChI=1S/C28H26N2O5/c1-17(26(31)30-15-19-9-3-2-8-18(19)14-25(30)27(32)33)29-28(34)35-16-24-22-12-6-4-10-20(22)21-11-5-7-13-23(21)24/h2-13,17,24-25H,14-16H2,1H3,(H,29,34)(H,32,33). The van der Waals surface area contributed by atoms with Crippen LogP contribution < -0.4 is 5.32 Å². The van der Waals surface area contributed by atoms with E-state index in [2.05, 4.69) is 17.4 Å². The minimum atomic E-state index is -1.07. The van der Waals surface area contributed by atoms with E-state index in [4.69, 9.17) is 4.74 Å². The van der Waals surface area contributed by atoms with Crippen molar-refractivity contribution in [3.8, 4) is 11.1 Å². The summed E-state index contributed by atoms with van der Waals surface area (Å²) < 4.78 is 5.54. The smallest absolute Gasteiger partial charge is 0.407 e. The fourth-order valence-electron chi connectivity index (χ4n) is 5.10. The summed E-state index contributed by atoms with van der Waals surface area (Å²) in [6, 6.07) is 21.7. The zero-order valence-corrected chi connectivity index (χ0v) is 19.3. The number of alkyl carbamates (subject to hydrolysis) is 1. The molecule has 0 saturated carbocycles. The number of hydrogen-bond acceptors (Lipinski definition) is 4. The van der Waals surface area contributed by atoms with Crippen molar-refractivity contribution in [1.82, 2.24) is 10.2 Å². The van der Waals surface area contributed by atoms with E-state index < -0.39 is 30.1 Å². The van der Waals surface area contributed by atoms with Crippen LogP contribution in [0.5, 0.6) is 0 Å². The predicted octanol–water partition coefficient (Wildman–Crippen LogP) is 3.95. The normalized spacial score (nSPS) is 17.1. The van der Waals surface area contributed by atoms with Gasteiger partial charge in [0.1, 0.15) is 18.7 Å². The Morgan fingerprint density at radius 2 is 1.51 bits per heavy atom. The minimum Gasteiger partial charge on any atom is -0.480 e. The molecule has 35 heavy (non-hydrogen) atoms. The highest BCUT2D eigenvalue weighted by atomic mass is 16.5. The Morgan fingerprint density at radius 3 is 2.14 bits per heavy atom. The average Bonchev–Trinajstić information content (AvgIpc) is 3.19. The van der Waals surface area contributed by atoms with Crippen molar-refractivity contribution < 1.29 is 24.2 Å². The highest BCUT2D eigenvalue weighted by Crippen LogP contribution is 2.44. The number of fused-ring (bicyclic) bond motifs is 4. The van der Waals surface area contributed by atoms with E-state index in [1.165, 1.54) is 4.90 Å². The van der Waals surface area contributed by atoms with E-state index in [0.29, 0.717) is 0 Å². The van der Waals surface area contributed by atoms with Gasteiger partial charge in [-0.2, -0.15) is 0 Å². The fourth-order valence-corrected chi connectivity index (χ4v) is 5.10. The lowest BCUT2D eigenvalue weighted by Gasteiger charge is -2.36. The van der Waals surface area contributed by atoms with Crippen molar-refractivity contribution in [3.63, 3.8) is 0 Å². The second-order valence-corrected chi connectivity index (χ2v) is 8.98. The summed E-state index contributed by atoms with van der Waals surface area (Å²) in [6.45, 7) is 1.86. The van der Waals surface area contributed by atoms with Crippen LogP contribution in [0.2, 0.25) is 0 Å². The fraction of sp³-hybridized carbons (Fsp3) is 0.250. The summed E-state index contributed by atoms with van der Waals surface area (Å²) in [4.78, 5) is 38.9. The first-order valence-corrected chi connectivity index (χ1v) is 11.7. The molecule has 1 aliphatic carbocycles. The Kier molecular flexibility index (Phi) is 5.99. The Morgan fingerprint density at radius 1 is 0.943 bits per heavy atom. The van der Waals surface area contributed by atoms with Crippen molar-refractivity contribution >= 4 is 18.0 Å². The first kappa shape index (κ1) is 22.7. The van der Waals surface area contributed by atoms with Crippen LogP contribution >= 0.6 is 0 Å². The van der Waals surface area contributed by atoms with Gasteiger partial charge in [-0.15, -0.1) is 0 Å². The molecule has 2 aliphatic rings. The first-order chi connectivity index (χ1) is 16.9. The maximum atomic E-state index is 13.1. The summed E-state index contributed by atoms with van der Waals surface area (Å²) in [6.07, 6.45) is -0.480. The van der Waals surface area contributed by atoms with E-state index in [1.54, 1.807) is 6.92 Å². The lowest BCUT2D eigenvalue weighted by Crippen LogP contribution is -2.54. The van der Waals surface area contributed by atoms with Crippen molar-refractivity contribution in [2.24, 2.45) is 0 Å².